The number of aromatic nitrogens is 4. The van der Waals surface area contributed by atoms with Crippen LogP contribution in [0.4, 0.5) is 0 Å². The first-order chi connectivity index (χ1) is 7.74. The summed E-state index contributed by atoms with van der Waals surface area (Å²) in [5.74, 6) is 1.20. The molecule has 0 spiro atoms. The average molecular weight is 215 g/mol. The van der Waals surface area contributed by atoms with Crippen LogP contribution in [0.2, 0.25) is 0 Å². The Morgan fingerprint density at radius 1 is 1.62 bits per heavy atom. The molecule has 0 aromatic carbocycles. The van der Waals surface area contributed by atoms with E-state index >= 15 is 0 Å². The van der Waals surface area contributed by atoms with E-state index in [0.29, 0.717) is 18.1 Å². The standard InChI is InChI=1S/C10H9N5O/c1-2-7-13-8(5-10(16)14-7)15-4-3-12-9(15)6-11/h3-5H,2H2,1H3,(H,13,14,16). The van der Waals surface area contributed by atoms with E-state index in [1.54, 1.807) is 6.20 Å². The van der Waals surface area contributed by atoms with E-state index in [9.17, 15) is 4.79 Å². The van der Waals surface area contributed by atoms with Crippen LogP contribution in [0.15, 0.2) is 23.3 Å². The highest BCUT2D eigenvalue weighted by Crippen LogP contribution is 2.05. The van der Waals surface area contributed by atoms with Crippen LogP contribution in [0.3, 0.4) is 0 Å². The number of hydrogen-bond donors (Lipinski definition) is 1. The third kappa shape index (κ3) is 1.70. The Morgan fingerprint density at radius 3 is 3.12 bits per heavy atom. The molecule has 6 heteroatoms. The first-order valence-electron chi connectivity index (χ1n) is 4.78. The molecule has 0 saturated carbocycles. The van der Waals surface area contributed by atoms with E-state index < -0.39 is 0 Å². The van der Waals surface area contributed by atoms with Crippen LogP contribution < -0.4 is 5.56 Å². The SMILES string of the molecule is CCc1nc(-n2ccnc2C#N)cc(=O)[nH]1. The molecule has 2 aromatic rings. The van der Waals surface area contributed by atoms with Crippen molar-refractivity contribution in [2.24, 2.45) is 0 Å². The third-order valence-corrected chi connectivity index (χ3v) is 2.10. The number of nitrogens with one attached hydrogen (secondary N) is 1. The molecule has 2 aromatic heterocycles. The topological polar surface area (TPSA) is 87.4 Å². The van der Waals surface area contributed by atoms with E-state index in [0.717, 1.165) is 0 Å². The number of aryl methyl sites for hydroxylation is 1. The predicted octanol–water partition coefficient (Wildman–Crippen LogP) is 0.390. The number of rotatable bonds is 2. The van der Waals surface area contributed by atoms with Crippen molar-refractivity contribution in [3.05, 3.63) is 40.5 Å². The highest BCUT2D eigenvalue weighted by molar-refractivity contribution is 5.28. The summed E-state index contributed by atoms with van der Waals surface area (Å²) in [4.78, 5) is 22.0. The lowest BCUT2D eigenvalue weighted by molar-refractivity contribution is 0.865. The van der Waals surface area contributed by atoms with Gasteiger partial charge in [-0.1, -0.05) is 6.92 Å². The molecule has 0 atom stereocenters. The maximum atomic E-state index is 11.4. The Balaban J connectivity index is 2.61. The van der Waals surface area contributed by atoms with Gasteiger partial charge in [0.2, 0.25) is 5.82 Å². The zero-order valence-corrected chi connectivity index (χ0v) is 8.64. The largest absolute Gasteiger partial charge is 0.310 e. The summed E-state index contributed by atoms with van der Waals surface area (Å²) in [6, 6.07) is 3.27. The van der Waals surface area contributed by atoms with E-state index in [-0.39, 0.29) is 11.4 Å². The molecule has 80 valence electrons. The Hall–Kier alpha value is -2.42. The summed E-state index contributed by atoms with van der Waals surface area (Å²) in [5.41, 5.74) is -0.237. The molecule has 0 fully saturated rings. The van der Waals surface area contributed by atoms with Crippen molar-refractivity contribution in [3.63, 3.8) is 0 Å². The molecule has 16 heavy (non-hydrogen) atoms. The number of aromatic amines is 1. The van der Waals surface area contributed by atoms with Gasteiger partial charge in [-0.3, -0.25) is 9.36 Å². The first kappa shape index (κ1) is 10.1. The monoisotopic (exact) mass is 215 g/mol. The highest BCUT2D eigenvalue weighted by Gasteiger charge is 2.06. The summed E-state index contributed by atoms with van der Waals surface area (Å²) in [6.07, 6.45) is 3.71. The zero-order chi connectivity index (χ0) is 11.5. The summed E-state index contributed by atoms with van der Waals surface area (Å²) < 4.78 is 1.48. The van der Waals surface area contributed by atoms with Gasteiger partial charge in [-0.05, 0) is 0 Å². The summed E-state index contributed by atoms with van der Waals surface area (Å²) in [7, 11) is 0. The van der Waals surface area contributed by atoms with Crippen LogP contribution in [0.1, 0.15) is 18.6 Å². The van der Waals surface area contributed by atoms with Gasteiger partial charge >= 0.3 is 0 Å². The van der Waals surface area contributed by atoms with Crippen LogP contribution in [0.25, 0.3) is 5.82 Å². The summed E-state index contributed by atoms with van der Waals surface area (Å²) in [5, 5.41) is 8.82. The minimum Gasteiger partial charge on any atom is -0.310 e. The summed E-state index contributed by atoms with van der Waals surface area (Å²) >= 11 is 0. The van der Waals surface area contributed by atoms with E-state index in [4.69, 9.17) is 5.26 Å². The average Bonchev–Trinajstić information content (AvgIpc) is 2.76. The molecule has 2 heterocycles. The molecule has 6 nitrogen and oxygen atoms in total. The molecule has 0 saturated heterocycles. The predicted molar refractivity (Wildman–Crippen MR) is 56.1 cm³/mol. The van der Waals surface area contributed by atoms with Crippen molar-refractivity contribution in [2.75, 3.05) is 0 Å². The Morgan fingerprint density at radius 2 is 2.44 bits per heavy atom. The fraction of sp³-hybridized carbons (Fsp3) is 0.200. The van der Waals surface area contributed by atoms with Crippen molar-refractivity contribution in [1.82, 2.24) is 19.5 Å². The lowest BCUT2D eigenvalue weighted by Gasteiger charge is -2.03. The minimum atomic E-state index is -0.237. The molecule has 0 aliphatic carbocycles. The van der Waals surface area contributed by atoms with Crippen molar-refractivity contribution >= 4 is 0 Å². The first-order valence-corrected chi connectivity index (χ1v) is 4.78. The zero-order valence-electron chi connectivity index (χ0n) is 8.64. The number of hydrogen-bond acceptors (Lipinski definition) is 4. The fourth-order valence-corrected chi connectivity index (χ4v) is 1.36. The van der Waals surface area contributed by atoms with E-state index in [1.807, 2.05) is 13.0 Å². The van der Waals surface area contributed by atoms with Gasteiger partial charge in [-0.15, -0.1) is 0 Å². The summed E-state index contributed by atoms with van der Waals surface area (Å²) in [6.45, 7) is 1.89. The van der Waals surface area contributed by atoms with E-state index in [1.165, 1.54) is 16.8 Å². The molecule has 0 radical (unpaired) electrons. The number of imidazole rings is 1. The smallest absolute Gasteiger partial charge is 0.253 e. The molecule has 1 N–H and O–H groups in total. The number of nitriles is 1. The highest BCUT2D eigenvalue weighted by atomic mass is 16.1. The minimum absolute atomic E-state index is 0.208. The van der Waals surface area contributed by atoms with Gasteiger partial charge < -0.3 is 4.98 Å². The van der Waals surface area contributed by atoms with Crippen LogP contribution in [0.5, 0.6) is 0 Å². The van der Waals surface area contributed by atoms with Gasteiger partial charge in [0.05, 0.1) is 0 Å². The van der Waals surface area contributed by atoms with Crippen LogP contribution in [-0.4, -0.2) is 19.5 Å². The third-order valence-electron chi connectivity index (χ3n) is 2.10. The number of nitrogens with zero attached hydrogens (tertiary/aromatic N) is 4. The van der Waals surface area contributed by atoms with Crippen LogP contribution in [-0.2, 0) is 6.42 Å². The second kappa shape index (κ2) is 3.98. The Bertz CT molecular complexity index is 604. The Labute approximate surface area is 91.2 Å². The normalized spacial score (nSPS) is 10.0. The van der Waals surface area contributed by atoms with Crippen LogP contribution in [0, 0.1) is 11.3 Å². The van der Waals surface area contributed by atoms with Crippen LogP contribution >= 0.6 is 0 Å². The second-order valence-corrected chi connectivity index (χ2v) is 3.14. The molecule has 0 aliphatic rings. The molecular weight excluding hydrogens is 206 g/mol. The van der Waals surface area contributed by atoms with Crippen molar-refractivity contribution < 1.29 is 0 Å². The van der Waals surface area contributed by atoms with Crippen molar-refractivity contribution in [3.8, 4) is 11.9 Å². The molecule has 0 amide bonds. The maximum absolute atomic E-state index is 11.4. The van der Waals surface area contributed by atoms with Gasteiger partial charge in [0.25, 0.3) is 5.56 Å². The van der Waals surface area contributed by atoms with Gasteiger partial charge in [0, 0.05) is 24.9 Å². The molecule has 2 rings (SSSR count). The van der Waals surface area contributed by atoms with Gasteiger partial charge in [0.1, 0.15) is 17.7 Å². The quantitative estimate of drug-likeness (QED) is 0.784. The molecule has 0 unspecified atom stereocenters. The molecule has 0 aliphatic heterocycles. The van der Waals surface area contributed by atoms with Gasteiger partial charge in [0.15, 0.2) is 0 Å². The maximum Gasteiger partial charge on any atom is 0.253 e. The lowest BCUT2D eigenvalue weighted by atomic mass is 10.4. The van der Waals surface area contributed by atoms with Crippen molar-refractivity contribution in [2.45, 2.75) is 13.3 Å². The van der Waals surface area contributed by atoms with E-state index in [2.05, 4.69) is 15.0 Å². The fourth-order valence-electron chi connectivity index (χ4n) is 1.36. The number of H-pyrrole nitrogens is 1. The molecular formula is C10H9N5O. The van der Waals surface area contributed by atoms with Gasteiger partial charge in [-0.2, -0.15) is 5.26 Å². The Kier molecular flexibility index (Phi) is 2.52. The van der Waals surface area contributed by atoms with Crippen molar-refractivity contribution in [1.29, 1.82) is 5.26 Å². The second-order valence-electron chi connectivity index (χ2n) is 3.14. The lowest BCUT2D eigenvalue weighted by Crippen LogP contribution is -2.13. The van der Waals surface area contributed by atoms with Gasteiger partial charge in [-0.25, -0.2) is 9.97 Å². The molecule has 0 bridgehead atoms.